The van der Waals surface area contributed by atoms with Crippen LogP contribution in [-0.2, 0) is 20.6 Å². The zero-order valence-electron chi connectivity index (χ0n) is 16.3. The van der Waals surface area contributed by atoms with Crippen LogP contribution in [-0.4, -0.2) is 46.0 Å². The first-order valence-electron chi connectivity index (χ1n) is 8.87. The summed E-state index contributed by atoms with van der Waals surface area (Å²) in [6.07, 6.45) is 0.500. The summed E-state index contributed by atoms with van der Waals surface area (Å²) in [5, 5.41) is 2.87. The molecule has 0 saturated carbocycles. The second-order valence-electron chi connectivity index (χ2n) is 6.31. The van der Waals surface area contributed by atoms with Gasteiger partial charge in [-0.15, -0.1) is 0 Å². The third-order valence-corrected chi connectivity index (χ3v) is 6.27. The molecule has 0 aliphatic heterocycles. The highest BCUT2D eigenvalue weighted by Gasteiger charge is 2.15. The van der Waals surface area contributed by atoms with Crippen molar-refractivity contribution in [3.8, 4) is 5.75 Å². The molecule has 2 aromatic carbocycles. The van der Waals surface area contributed by atoms with Crippen molar-refractivity contribution in [3.63, 3.8) is 0 Å². The second-order valence-corrected chi connectivity index (χ2v) is 9.43. The van der Waals surface area contributed by atoms with Gasteiger partial charge in [-0.1, -0.05) is 30.3 Å². The van der Waals surface area contributed by atoms with Crippen LogP contribution < -0.4 is 14.4 Å². The van der Waals surface area contributed by atoms with E-state index in [-0.39, 0.29) is 5.91 Å². The van der Waals surface area contributed by atoms with Gasteiger partial charge in [0, 0.05) is 25.1 Å². The number of sulfonamides is 1. The molecular formula is C20H26N2O4S2. The number of thioether (sulfide) groups is 1. The van der Waals surface area contributed by atoms with Crippen molar-refractivity contribution in [1.29, 1.82) is 0 Å². The van der Waals surface area contributed by atoms with Crippen LogP contribution in [0.15, 0.2) is 54.6 Å². The topological polar surface area (TPSA) is 75.7 Å². The first-order chi connectivity index (χ1) is 13.3. The average molecular weight is 423 g/mol. The molecule has 8 heteroatoms. The van der Waals surface area contributed by atoms with Crippen molar-refractivity contribution in [2.45, 2.75) is 18.8 Å². The molecule has 0 aromatic heterocycles. The molecule has 1 atom stereocenters. The number of carbonyl (C=O) groups is 1. The van der Waals surface area contributed by atoms with E-state index >= 15 is 0 Å². The number of benzene rings is 2. The molecule has 152 valence electrons. The first kappa shape index (κ1) is 22.1. The van der Waals surface area contributed by atoms with Gasteiger partial charge in [0.15, 0.2) is 6.10 Å². The Hall–Kier alpha value is -2.19. The van der Waals surface area contributed by atoms with Gasteiger partial charge in [0.25, 0.3) is 5.91 Å². The summed E-state index contributed by atoms with van der Waals surface area (Å²) in [6, 6.07) is 16.8. The Bertz CT molecular complexity index is 856. The van der Waals surface area contributed by atoms with Crippen LogP contribution >= 0.6 is 11.8 Å². The van der Waals surface area contributed by atoms with Gasteiger partial charge in [0.05, 0.1) is 11.9 Å². The van der Waals surface area contributed by atoms with Crippen molar-refractivity contribution in [3.05, 3.63) is 60.2 Å². The molecule has 0 aliphatic carbocycles. The molecular weight excluding hydrogens is 396 g/mol. The summed E-state index contributed by atoms with van der Waals surface area (Å²) in [4.78, 5) is 12.2. The molecule has 2 aromatic rings. The molecule has 0 bridgehead atoms. The Balaban J connectivity index is 1.73. The van der Waals surface area contributed by atoms with Crippen molar-refractivity contribution in [1.82, 2.24) is 5.32 Å². The largest absolute Gasteiger partial charge is 0.481 e. The lowest BCUT2D eigenvalue weighted by molar-refractivity contribution is -0.127. The summed E-state index contributed by atoms with van der Waals surface area (Å²) >= 11 is 1.76. The van der Waals surface area contributed by atoms with Crippen LogP contribution in [0.5, 0.6) is 5.75 Å². The highest BCUT2D eigenvalue weighted by molar-refractivity contribution is 7.98. The van der Waals surface area contributed by atoms with E-state index in [1.165, 1.54) is 16.9 Å². The number of hydrogen-bond acceptors (Lipinski definition) is 5. The number of amides is 1. The van der Waals surface area contributed by atoms with Crippen molar-refractivity contribution in [2.75, 3.05) is 29.9 Å². The Morgan fingerprint density at radius 1 is 1.14 bits per heavy atom. The van der Waals surface area contributed by atoms with Crippen LogP contribution in [0.2, 0.25) is 0 Å². The average Bonchev–Trinajstić information content (AvgIpc) is 2.67. The highest BCUT2D eigenvalue weighted by atomic mass is 32.2. The molecule has 0 spiro atoms. The Labute approximate surface area is 171 Å². The third kappa shape index (κ3) is 7.09. The van der Waals surface area contributed by atoms with Crippen molar-refractivity contribution < 1.29 is 17.9 Å². The second kappa shape index (κ2) is 10.4. The molecule has 2 rings (SSSR count). The summed E-state index contributed by atoms with van der Waals surface area (Å²) < 4.78 is 29.9. The van der Waals surface area contributed by atoms with Crippen LogP contribution in [0.25, 0.3) is 0 Å². The van der Waals surface area contributed by atoms with Gasteiger partial charge >= 0.3 is 0 Å². The van der Waals surface area contributed by atoms with Gasteiger partial charge in [-0.05, 0) is 36.8 Å². The van der Waals surface area contributed by atoms with E-state index in [0.717, 1.165) is 17.8 Å². The van der Waals surface area contributed by atoms with E-state index in [0.29, 0.717) is 18.0 Å². The van der Waals surface area contributed by atoms with Crippen LogP contribution in [0.1, 0.15) is 12.5 Å². The fraction of sp³-hybridized carbons (Fsp3) is 0.350. The molecule has 6 nitrogen and oxygen atoms in total. The molecule has 1 unspecified atom stereocenters. The minimum atomic E-state index is -3.31. The number of anilines is 1. The summed E-state index contributed by atoms with van der Waals surface area (Å²) in [7, 11) is -1.83. The predicted octanol–water partition coefficient (Wildman–Crippen LogP) is 2.90. The highest BCUT2D eigenvalue weighted by Crippen LogP contribution is 2.21. The number of hydrogen-bond donors (Lipinski definition) is 1. The van der Waals surface area contributed by atoms with E-state index in [1.54, 1.807) is 43.0 Å². The van der Waals surface area contributed by atoms with Crippen LogP contribution in [0, 0.1) is 0 Å². The summed E-state index contributed by atoms with van der Waals surface area (Å²) in [5.74, 6) is 2.06. The Morgan fingerprint density at radius 3 is 2.39 bits per heavy atom. The molecule has 28 heavy (non-hydrogen) atoms. The maximum absolute atomic E-state index is 12.2. The summed E-state index contributed by atoms with van der Waals surface area (Å²) in [5.41, 5.74) is 1.79. The molecule has 1 amide bonds. The van der Waals surface area contributed by atoms with Crippen LogP contribution in [0.4, 0.5) is 5.69 Å². The van der Waals surface area contributed by atoms with Gasteiger partial charge in [-0.3, -0.25) is 9.10 Å². The quantitative estimate of drug-likeness (QED) is 0.596. The van der Waals surface area contributed by atoms with Gasteiger partial charge < -0.3 is 10.1 Å². The van der Waals surface area contributed by atoms with E-state index in [1.807, 2.05) is 18.2 Å². The monoisotopic (exact) mass is 422 g/mol. The lowest BCUT2D eigenvalue weighted by Crippen LogP contribution is -2.37. The third-order valence-electron chi connectivity index (χ3n) is 4.04. The van der Waals surface area contributed by atoms with E-state index < -0.39 is 16.1 Å². The van der Waals surface area contributed by atoms with E-state index in [2.05, 4.69) is 17.4 Å². The van der Waals surface area contributed by atoms with Gasteiger partial charge in [-0.25, -0.2) is 8.42 Å². The zero-order valence-corrected chi connectivity index (χ0v) is 17.9. The van der Waals surface area contributed by atoms with Gasteiger partial charge in [0.2, 0.25) is 10.0 Å². The fourth-order valence-electron chi connectivity index (χ4n) is 2.34. The SMILES string of the molecule is CC(Oc1ccc(N(C)S(C)(=O)=O)cc1)C(=O)NCCSCc1ccccc1. The maximum atomic E-state index is 12.2. The molecule has 1 N–H and O–H groups in total. The first-order valence-corrected chi connectivity index (χ1v) is 11.9. The van der Waals surface area contributed by atoms with Crippen molar-refractivity contribution in [2.24, 2.45) is 0 Å². The number of carbonyl (C=O) groups excluding carboxylic acids is 1. The van der Waals surface area contributed by atoms with Gasteiger partial charge in [0.1, 0.15) is 5.75 Å². The molecule has 0 heterocycles. The van der Waals surface area contributed by atoms with Crippen molar-refractivity contribution >= 4 is 33.4 Å². The van der Waals surface area contributed by atoms with E-state index in [4.69, 9.17) is 4.74 Å². The Kier molecular flexibility index (Phi) is 8.19. The number of ether oxygens (including phenoxy) is 1. The van der Waals surface area contributed by atoms with E-state index in [9.17, 15) is 13.2 Å². The maximum Gasteiger partial charge on any atom is 0.260 e. The lowest BCUT2D eigenvalue weighted by atomic mass is 10.2. The molecule has 0 fully saturated rings. The molecule has 0 aliphatic rings. The lowest BCUT2D eigenvalue weighted by Gasteiger charge is -2.18. The minimum absolute atomic E-state index is 0.183. The normalized spacial score (nSPS) is 12.2. The minimum Gasteiger partial charge on any atom is -0.481 e. The molecule has 0 radical (unpaired) electrons. The number of nitrogens with zero attached hydrogens (tertiary/aromatic N) is 1. The van der Waals surface area contributed by atoms with Crippen LogP contribution in [0.3, 0.4) is 0 Å². The van der Waals surface area contributed by atoms with Gasteiger partial charge in [-0.2, -0.15) is 11.8 Å². The zero-order chi connectivity index (χ0) is 20.6. The Morgan fingerprint density at radius 2 is 1.79 bits per heavy atom. The predicted molar refractivity (Wildman–Crippen MR) is 115 cm³/mol. The molecule has 0 saturated heterocycles. The summed E-state index contributed by atoms with van der Waals surface area (Å²) in [6.45, 7) is 2.26. The number of nitrogens with one attached hydrogen (secondary N) is 1. The fourth-order valence-corrected chi connectivity index (χ4v) is 3.66. The number of rotatable bonds is 10. The standard InChI is InChI=1S/C20H26N2O4S2/c1-16(20(23)21-13-14-27-15-17-7-5-4-6-8-17)26-19-11-9-18(10-12-19)22(2)28(3,24)25/h4-12,16H,13-15H2,1-3H3,(H,21,23). The smallest absolute Gasteiger partial charge is 0.260 e.